The molecule has 3 amide bonds. The minimum atomic E-state index is -0.852. The van der Waals surface area contributed by atoms with Gasteiger partial charge in [-0.3, -0.25) is 19.8 Å². The van der Waals surface area contributed by atoms with Gasteiger partial charge < -0.3 is 15.5 Å². The summed E-state index contributed by atoms with van der Waals surface area (Å²) in [6.45, 7) is 5.60. The second-order valence-electron chi connectivity index (χ2n) is 6.91. The number of carbonyl (C=O) groups is 3. The quantitative estimate of drug-likeness (QED) is 0.685. The highest BCUT2D eigenvalue weighted by atomic mass is 16.2. The van der Waals surface area contributed by atoms with Gasteiger partial charge in [0.15, 0.2) is 0 Å². The fourth-order valence-corrected chi connectivity index (χ4v) is 2.80. The normalized spacial score (nSPS) is 18.0. The number of hydrogen-bond donors (Lipinski definition) is 3. The average molecular weight is 358 g/mol. The van der Waals surface area contributed by atoms with Crippen LogP contribution >= 0.6 is 0 Å². The monoisotopic (exact) mass is 358 g/mol. The van der Waals surface area contributed by atoms with Crippen LogP contribution in [0.4, 0.5) is 0 Å². The van der Waals surface area contributed by atoms with Gasteiger partial charge in [0.2, 0.25) is 11.8 Å². The number of nitrogens with zero attached hydrogens (tertiary/aromatic N) is 1. The van der Waals surface area contributed by atoms with E-state index >= 15 is 0 Å². The molecule has 0 aromatic heterocycles. The van der Waals surface area contributed by atoms with Crippen LogP contribution in [0.15, 0.2) is 24.3 Å². The van der Waals surface area contributed by atoms with Crippen molar-refractivity contribution in [1.82, 2.24) is 15.5 Å². The molecule has 0 fully saturated rings. The Morgan fingerprint density at radius 3 is 2.54 bits per heavy atom. The first kappa shape index (κ1) is 19.6. The van der Waals surface area contributed by atoms with Crippen molar-refractivity contribution in [1.29, 1.82) is 5.41 Å². The lowest BCUT2D eigenvalue weighted by atomic mass is 9.99. The van der Waals surface area contributed by atoms with Gasteiger partial charge in [-0.25, -0.2) is 0 Å². The molecule has 140 valence electrons. The van der Waals surface area contributed by atoms with E-state index < -0.39 is 23.9 Å². The molecular formula is C19H26N4O3. The Bertz CT molecular complexity index is 729. The van der Waals surface area contributed by atoms with Gasteiger partial charge >= 0.3 is 0 Å². The molecule has 1 aliphatic heterocycles. The molecular weight excluding hydrogens is 332 g/mol. The SMILES string of the molecule is CC(C)C(=N)C(=O)NC(C)C(=O)NC1C(=O)N(C)CCc2ccccc21. The molecule has 2 rings (SSSR count). The summed E-state index contributed by atoms with van der Waals surface area (Å²) < 4.78 is 0. The van der Waals surface area contributed by atoms with Crippen LogP contribution in [0.1, 0.15) is 37.9 Å². The molecule has 0 saturated carbocycles. The first-order valence-electron chi connectivity index (χ1n) is 8.74. The molecule has 0 radical (unpaired) electrons. The predicted octanol–water partition coefficient (Wildman–Crippen LogP) is 1.04. The first-order chi connectivity index (χ1) is 12.2. The molecule has 7 heteroatoms. The van der Waals surface area contributed by atoms with Crippen LogP contribution in [0.2, 0.25) is 0 Å². The smallest absolute Gasteiger partial charge is 0.265 e. The van der Waals surface area contributed by atoms with Crippen molar-refractivity contribution < 1.29 is 14.4 Å². The largest absolute Gasteiger partial charge is 0.343 e. The molecule has 2 unspecified atom stereocenters. The van der Waals surface area contributed by atoms with Crippen LogP contribution in [-0.2, 0) is 20.8 Å². The van der Waals surface area contributed by atoms with Gasteiger partial charge in [0.25, 0.3) is 5.91 Å². The fraction of sp³-hybridized carbons (Fsp3) is 0.474. The highest BCUT2D eigenvalue weighted by Crippen LogP contribution is 2.24. The minimum absolute atomic E-state index is 0.0831. The maximum atomic E-state index is 12.7. The Morgan fingerprint density at radius 2 is 1.88 bits per heavy atom. The van der Waals surface area contributed by atoms with E-state index in [-0.39, 0.29) is 17.5 Å². The number of rotatable bonds is 5. The van der Waals surface area contributed by atoms with E-state index in [0.29, 0.717) is 6.54 Å². The van der Waals surface area contributed by atoms with Gasteiger partial charge in [0.1, 0.15) is 12.1 Å². The van der Waals surface area contributed by atoms with Crippen molar-refractivity contribution in [2.24, 2.45) is 5.92 Å². The highest BCUT2D eigenvalue weighted by molar-refractivity contribution is 6.38. The zero-order valence-electron chi connectivity index (χ0n) is 15.6. The molecule has 3 N–H and O–H groups in total. The topological polar surface area (TPSA) is 102 Å². The molecule has 0 saturated heterocycles. The molecule has 26 heavy (non-hydrogen) atoms. The van der Waals surface area contributed by atoms with E-state index in [2.05, 4.69) is 10.6 Å². The summed E-state index contributed by atoms with van der Waals surface area (Å²) in [4.78, 5) is 38.8. The number of likely N-dealkylation sites (N-methyl/N-ethyl adjacent to an activating group) is 1. The Kier molecular flexibility index (Phi) is 6.13. The maximum Gasteiger partial charge on any atom is 0.265 e. The molecule has 0 bridgehead atoms. The van der Waals surface area contributed by atoms with E-state index in [9.17, 15) is 14.4 Å². The van der Waals surface area contributed by atoms with Crippen LogP contribution in [0.5, 0.6) is 0 Å². The zero-order chi connectivity index (χ0) is 19.4. The van der Waals surface area contributed by atoms with E-state index in [1.54, 1.807) is 25.8 Å². The minimum Gasteiger partial charge on any atom is -0.343 e. The van der Waals surface area contributed by atoms with Crippen LogP contribution in [-0.4, -0.2) is 48.0 Å². The Hall–Kier alpha value is -2.70. The van der Waals surface area contributed by atoms with Gasteiger partial charge in [-0.2, -0.15) is 0 Å². The second-order valence-corrected chi connectivity index (χ2v) is 6.91. The fourth-order valence-electron chi connectivity index (χ4n) is 2.80. The third-order valence-corrected chi connectivity index (χ3v) is 4.56. The molecule has 1 heterocycles. The van der Waals surface area contributed by atoms with Gasteiger partial charge in [-0.1, -0.05) is 38.1 Å². The van der Waals surface area contributed by atoms with Crippen molar-refractivity contribution in [2.45, 2.75) is 39.3 Å². The number of benzene rings is 1. The van der Waals surface area contributed by atoms with E-state index in [1.165, 1.54) is 6.92 Å². The molecule has 1 aromatic rings. The summed E-state index contributed by atoms with van der Waals surface area (Å²) in [6, 6.07) is 5.91. The van der Waals surface area contributed by atoms with Gasteiger partial charge in [-0.15, -0.1) is 0 Å². The van der Waals surface area contributed by atoms with Crippen molar-refractivity contribution >= 4 is 23.4 Å². The van der Waals surface area contributed by atoms with Crippen molar-refractivity contribution in [2.75, 3.05) is 13.6 Å². The molecule has 1 aliphatic rings. The van der Waals surface area contributed by atoms with Gasteiger partial charge in [-0.05, 0) is 24.5 Å². The lowest BCUT2D eigenvalue weighted by Crippen LogP contribution is -2.50. The van der Waals surface area contributed by atoms with Crippen LogP contribution in [0, 0.1) is 11.3 Å². The van der Waals surface area contributed by atoms with Crippen molar-refractivity contribution in [3.8, 4) is 0 Å². The zero-order valence-corrected chi connectivity index (χ0v) is 15.6. The van der Waals surface area contributed by atoms with Crippen molar-refractivity contribution in [3.63, 3.8) is 0 Å². The summed E-state index contributed by atoms with van der Waals surface area (Å²) in [6.07, 6.45) is 0.725. The molecule has 0 spiro atoms. The lowest BCUT2D eigenvalue weighted by Gasteiger charge is -2.24. The highest BCUT2D eigenvalue weighted by Gasteiger charge is 2.31. The summed E-state index contributed by atoms with van der Waals surface area (Å²) in [5.74, 6) is -1.45. The van der Waals surface area contributed by atoms with Crippen molar-refractivity contribution in [3.05, 3.63) is 35.4 Å². The number of carbonyl (C=O) groups excluding carboxylic acids is 3. The summed E-state index contributed by atoms with van der Waals surface area (Å²) in [7, 11) is 1.71. The summed E-state index contributed by atoms with van der Waals surface area (Å²) in [5.41, 5.74) is 1.72. The standard InChI is InChI=1S/C19H26N4O3/c1-11(2)15(20)18(25)21-12(3)17(24)22-16-14-8-6-5-7-13(14)9-10-23(4)19(16)26/h5-8,11-12,16,20H,9-10H2,1-4H3,(H,21,25)(H,22,24). The van der Waals surface area contributed by atoms with E-state index in [1.807, 2.05) is 24.3 Å². The van der Waals surface area contributed by atoms with E-state index in [0.717, 1.165) is 17.5 Å². The number of fused-ring (bicyclic) bond motifs is 1. The van der Waals surface area contributed by atoms with Gasteiger partial charge in [0.05, 0.1) is 5.71 Å². The number of nitrogens with one attached hydrogen (secondary N) is 3. The first-order valence-corrected chi connectivity index (χ1v) is 8.74. The summed E-state index contributed by atoms with van der Waals surface area (Å²) in [5, 5.41) is 13.0. The lowest BCUT2D eigenvalue weighted by molar-refractivity contribution is -0.136. The average Bonchev–Trinajstić information content (AvgIpc) is 2.73. The second kappa shape index (κ2) is 8.12. The third kappa shape index (κ3) is 4.28. The molecule has 1 aromatic carbocycles. The summed E-state index contributed by atoms with van der Waals surface area (Å²) >= 11 is 0. The Morgan fingerprint density at radius 1 is 1.23 bits per heavy atom. The number of hydrogen-bond acceptors (Lipinski definition) is 4. The number of amides is 3. The predicted molar refractivity (Wildman–Crippen MR) is 98.8 cm³/mol. The van der Waals surface area contributed by atoms with Crippen LogP contribution in [0.3, 0.4) is 0 Å². The molecule has 2 atom stereocenters. The van der Waals surface area contributed by atoms with E-state index in [4.69, 9.17) is 5.41 Å². The maximum absolute atomic E-state index is 12.7. The molecule has 0 aliphatic carbocycles. The Balaban J connectivity index is 2.14. The third-order valence-electron chi connectivity index (χ3n) is 4.56. The Labute approximate surface area is 153 Å². The van der Waals surface area contributed by atoms with Crippen LogP contribution < -0.4 is 10.6 Å². The molecule has 7 nitrogen and oxygen atoms in total. The van der Waals surface area contributed by atoms with Gasteiger partial charge in [0, 0.05) is 19.5 Å². The van der Waals surface area contributed by atoms with Crippen LogP contribution in [0.25, 0.3) is 0 Å².